The van der Waals surface area contributed by atoms with E-state index in [2.05, 4.69) is 14.8 Å². The van der Waals surface area contributed by atoms with Crippen molar-refractivity contribution in [1.82, 2.24) is 19.7 Å². The number of hydrogen-bond acceptors (Lipinski definition) is 3. The molecular formula is C18H22N4O. The van der Waals surface area contributed by atoms with Crippen molar-refractivity contribution in [3.63, 3.8) is 0 Å². The lowest BCUT2D eigenvalue weighted by atomic mass is 10.1. The molecule has 1 saturated heterocycles. The largest absolute Gasteiger partial charge is 0.328 e. The number of amides is 1. The number of aromatic nitrogens is 3. The van der Waals surface area contributed by atoms with Crippen molar-refractivity contribution in [2.75, 3.05) is 6.54 Å². The first-order valence-electron chi connectivity index (χ1n) is 8.62. The van der Waals surface area contributed by atoms with Crippen LogP contribution >= 0.6 is 0 Å². The van der Waals surface area contributed by atoms with Gasteiger partial charge < -0.3 is 9.47 Å². The van der Waals surface area contributed by atoms with Crippen LogP contribution < -0.4 is 0 Å². The number of hydrogen-bond donors (Lipinski definition) is 0. The Hall–Kier alpha value is -2.17. The maximum Gasteiger partial charge on any atom is 0.254 e. The van der Waals surface area contributed by atoms with Gasteiger partial charge in [-0.15, -0.1) is 10.2 Å². The highest BCUT2D eigenvalue weighted by Gasteiger charge is 2.34. The van der Waals surface area contributed by atoms with Gasteiger partial charge in [-0.2, -0.15) is 0 Å². The molecule has 0 spiro atoms. The fourth-order valence-electron chi connectivity index (χ4n) is 3.78. The van der Waals surface area contributed by atoms with Gasteiger partial charge in [0.25, 0.3) is 5.91 Å². The molecule has 0 unspecified atom stereocenters. The van der Waals surface area contributed by atoms with E-state index in [-0.39, 0.29) is 11.9 Å². The molecule has 1 aromatic heterocycles. The van der Waals surface area contributed by atoms with Crippen LogP contribution in [-0.4, -0.2) is 32.1 Å². The second-order valence-corrected chi connectivity index (χ2v) is 6.46. The van der Waals surface area contributed by atoms with E-state index in [1.54, 1.807) is 0 Å². The van der Waals surface area contributed by atoms with E-state index in [0.717, 1.165) is 49.6 Å². The Morgan fingerprint density at radius 3 is 2.74 bits per heavy atom. The Kier molecular flexibility index (Phi) is 3.85. The molecule has 120 valence electrons. The quantitative estimate of drug-likeness (QED) is 0.857. The second-order valence-electron chi connectivity index (χ2n) is 6.46. The van der Waals surface area contributed by atoms with Gasteiger partial charge in [0, 0.05) is 25.1 Å². The minimum Gasteiger partial charge on any atom is -0.328 e. The van der Waals surface area contributed by atoms with Crippen molar-refractivity contribution in [2.45, 2.75) is 51.1 Å². The van der Waals surface area contributed by atoms with Crippen molar-refractivity contribution < 1.29 is 4.79 Å². The Morgan fingerprint density at radius 1 is 1.00 bits per heavy atom. The van der Waals surface area contributed by atoms with Crippen molar-refractivity contribution in [1.29, 1.82) is 0 Å². The normalized spacial score (nSPS) is 21.0. The summed E-state index contributed by atoms with van der Waals surface area (Å²) in [6.07, 6.45) is 6.64. The van der Waals surface area contributed by atoms with E-state index in [0.29, 0.717) is 0 Å². The van der Waals surface area contributed by atoms with Crippen LogP contribution in [0.4, 0.5) is 0 Å². The molecule has 0 radical (unpaired) electrons. The van der Waals surface area contributed by atoms with Crippen LogP contribution in [0, 0.1) is 0 Å². The molecule has 2 aromatic rings. The molecule has 0 saturated carbocycles. The second kappa shape index (κ2) is 6.14. The highest BCUT2D eigenvalue weighted by molar-refractivity contribution is 5.94. The summed E-state index contributed by atoms with van der Waals surface area (Å²) < 4.78 is 2.27. The molecule has 1 amide bonds. The molecule has 5 nitrogen and oxygen atoms in total. The van der Waals surface area contributed by atoms with Gasteiger partial charge in [-0.3, -0.25) is 4.79 Å². The van der Waals surface area contributed by atoms with E-state index in [4.69, 9.17) is 0 Å². The van der Waals surface area contributed by atoms with Gasteiger partial charge in [0.05, 0.1) is 6.04 Å². The van der Waals surface area contributed by atoms with E-state index >= 15 is 0 Å². The molecule has 0 N–H and O–H groups in total. The third-order valence-electron chi connectivity index (χ3n) is 4.97. The van der Waals surface area contributed by atoms with Gasteiger partial charge in [-0.25, -0.2) is 0 Å². The third kappa shape index (κ3) is 2.64. The lowest BCUT2D eigenvalue weighted by molar-refractivity contribution is 0.0727. The fraction of sp³-hybridized carbons (Fsp3) is 0.500. The van der Waals surface area contributed by atoms with Gasteiger partial charge in [-0.1, -0.05) is 24.6 Å². The highest BCUT2D eigenvalue weighted by atomic mass is 16.2. The van der Waals surface area contributed by atoms with E-state index in [1.807, 2.05) is 35.2 Å². The van der Waals surface area contributed by atoms with Gasteiger partial charge in [0.2, 0.25) is 0 Å². The van der Waals surface area contributed by atoms with Crippen LogP contribution in [0.3, 0.4) is 0 Å². The van der Waals surface area contributed by atoms with Crippen LogP contribution in [0.2, 0.25) is 0 Å². The van der Waals surface area contributed by atoms with Crippen molar-refractivity contribution >= 4 is 5.91 Å². The van der Waals surface area contributed by atoms with E-state index in [9.17, 15) is 4.79 Å². The summed E-state index contributed by atoms with van der Waals surface area (Å²) in [6, 6.07) is 9.63. The third-order valence-corrected chi connectivity index (χ3v) is 4.97. The van der Waals surface area contributed by atoms with Gasteiger partial charge in [0.1, 0.15) is 5.82 Å². The smallest absolute Gasteiger partial charge is 0.254 e. The maximum absolute atomic E-state index is 12.9. The van der Waals surface area contributed by atoms with E-state index < -0.39 is 0 Å². The Bertz CT molecular complexity index is 694. The molecule has 1 fully saturated rings. The maximum atomic E-state index is 12.9. The zero-order valence-corrected chi connectivity index (χ0v) is 13.3. The predicted octanol–water partition coefficient (Wildman–Crippen LogP) is 2.98. The number of benzene rings is 1. The fourth-order valence-corrected chi connectivity index (χ4v) is 3.78. The van der Waals surface area contributed by atoms with Crippen molar-refractivity contribution in [2.24, 2.45) is 0 Å². The van der Waals surface area contributed by atoms with Crippen molar-refractivity contribution in [3.8, 4) is 0 Å². The van der Waals surface area contributed by atoms with Crippen LogP contribution in [0.1, 0.15) is 60.2 Å². The first-order valence-corrected chi connectivity index (χ1v) is 8.62. The van der Waals surface area contributed by atoms with Gasteiger partial charge in [-0.05, 0) is 37.8 Å². The number of rotatable bonds is 2. The Balaban J connectivity index is 1.64. The molecule has 2 aliphatic heterocycles. The van der Waals surface area contributed by atoms with Crippen LogP contribution in [0.15, 0.2) is 30.3 Å². The molecule has 0 aliphatic carbocycles. The summed E-state index contributed by atoms with van der Waals surface area (Å²) in [6.45, 7) is 1.79. The zero-order valence-electron chi connectivity index (χ0n) is 13.3. The number of carbonyl (C=O) groups excluding carboxylic acids is 1. The van der Waals surface area contributed by atoms with Gasteiger partial charge in [0.15, 0.2) is 5.82 Å². The summed E-state index contributed by atoms with van der Waals surface area (Å²) in [5, 5.41) is 8.87. The van der Waals surface area contributed by atoms with E-state index in [1.165, 1.54) is 19.3 Å². The van der Waals surface area contributed by atoms with Crippen molar-refractivity contribution in [3.05, 3.63) is 47.5 Å². The summed E-state index contributed by atoms with van der Waals surface area (Å²) in [4.78, 5) is 14.8. The molecule has 2 aliphatic rings. The predicted molar refractivity (Wildman–Crippen MR) is 87.0 cm³/mol. The summed E-state index contributed by atoms with van der Waals surface area (Å²) >= 11 is 0. The average molecular weight is 310 g/mol. The minimum absolute atomic E-state index is 0.0713. The molecule has 4 rings (SSSR count). The number of likely N-dealkylation sites (tertiary alicyclic amines) is 1. The lowest BCUT2D eigenvalue weighted by Gasteiger charge is -2.24. The monoisotopic (exact) mass is 310 g/mol. The SMILES string of the molecule is O=C(c1ccccc1)N1CCC[C@H]1c1nnc2n1CCCCC2. The zero-order chi connectivity index (χ0) is 15.6. The van der Waals surface area contributed by atoms with Crippen LogP contribution in [0.5, 0.6) is 0 Å². The number of fused-ring (bicyclic) bond motifs is 1. The van der Waals surface area contributed by atoms with Gasteiger partial charge >= 0.3 is 0 Å². The summed E-state index contributed by atoms with van der Waals surface area (Å²) in [5.74, 6) is 2.19. The minimum atomic E-state index is 0.0713. The number of aryl methyl sites for hydroxylation is 1. The number of carbonyl (C=O) groups is 1. The molecule has 1 atom stereocenters. The standard InChI is InChI=1S/C18H22N4O/c23-18(14-8-3-1-4-9-14)21-13-7-10-15(21)17-20-19-16-11-5-2-6-12-22(16)17/h1,3-4,8-9,15H,2,5-7,10-13H2/t15-/m0/s1. The summed E-state index contributed by atoms with van der Waals surface area (Å²) in [7, 11) is 0. The molecule has 5 heteroatoms. The Morgan fingerprint density at radius 2 is 1.87 bits per heavy atom. The Labute approximate surface area is 136 Å². The summed E-state index contributed by atoms with van der Waals surface area (Å²) in [5.41, 5.74) is 0.759. The first-order chi connectivity index (χ1) is 11.3. The molecular weight excluding hydrogens is 288 g/mol. The van der Waals surface area contributed by atoms with Crippen LogP contribution in [0.25, 0.3) is 0 Å². The molecule has 1 aromatic carbocycles. The molecule has 23 heavy (non-hydrogen) atoms. The number of nitrogens with zero attached hydrogens (tertiary/aromatic N) is 4. The average Bonchev–Trinajstić information content (AvgIpc) is 3.16. The van der Waals surface area contributed by atoms with Crippen LogP contribution in [-0.2, 0) is 13.0 Å². The highest BCUT2D eigenvalue weighted by Crippen LogP contribution is 2.33. The lowest BCUT2D eigenvalue weighted by Crippen LogP contribution is -2.32. The first kappa shape index (κ1) is 14.4. The topological polar surface area (TPSA) is 51.0 Å². The molecule has 3 heterocycles. The molecule has 0 bridgehead atoms.